The molecule has 2 N–H and O–H groups in total. The maximum atomic E-state index is 13.3. The van der Waals surface area contributed by atoms with Crippen LogP contribution in [0.4, 0.5) is 0 Å². The van der Waals surface area contributed by atoms with E-state index in [9.17, 15) is 4.79 Å². The van der Waals surface area contributed by atoms with Crippen molar-refractivity contribution in [1.82, 2.24) is 10.6 Å². The SMILES string of the molecule is CC1(C)CC(NC(=O)C23CC4CC(CC(C4)C2)C3)CC(C)(C)N1. The van der Waals surface area contributed by atoms with Gasteiger partial charge in [0.1, 0.15) is 0 Å². The highest BCUT2D eigenvalue weighted by molar-refractivity contribution is 5.83. The summed E-state index contributed by atoms with van der Waals surface area (Å²) < 4.78 is 0. The second kappa shape index (κ2) is 4.97. The first kappa shape index (κ1) is 15.9. The van der Waals surface area contributed by atoms with Crippen molar-refractivity contribution in [3.05, 3.63) is 0 Å². The van der Waals surface area contributed by atoms with Crippen LogP contribution in [0, 0.1) is 23.2 Å². The van der Waals surface area contributed by atoms with Gasteiger partial charge in [-0.3, -0.25) is 4.79 Å². The maximum absolute atomic E-state index is 13.3. The van der Waals surface area contributed by atoms with Gasteiger partial charge in [0.05, 0.1) is 0 Å². The molecular weight excluding hydrogens is 284 g/mol. The Balaban J connectivity index is 1.48. The standard InChI is InChI=1S/C20H34N2O/c1-18(2)11-16(12-19(3,4)22-18)21-17(23)20-8-13-5-14(9-20)7-15(6-13)10-20/h13-16,22H,5-12H2,1-4H3,(H,21,23). The smallest absolute Gasteiger partial charge is 0.226 e. The average Bonchev–Trinajstić information content (AvgIpc) is 2.32. The van der Waals surface area contributed by atoms with Crippen molar-refractivity contribution in [2.45, 2.75) is 96.2 Å². The van der Waals surface area contributed by atoms with Crippen molar-refractivity contribution in [3.63, 3.8) is 0 Å². The van der Waals surface area contributed by atoms with Crippen molar-refractivity contribution in [3.8, 4) is 0 Å². The third kappa shape index (κ3) is 2.94. The van der Waals surface area contributed by atoms with Gasteiger partial charge in [0.2, 0.25) is 5.91 Å². The summed E-state index contributed by atoms with van der Waals surface area (Å²) in [5.74, 6) is 2.92. The molecule has 0 unspecified atom stereocenters. The van der Waals surface area contributed by atoms with Crippen LogP contribution < -0.4 is 10.6 Å². The monoisotopic (exact) mass is 318 g/mol. The molecule has 3 nitrogen and oxygen atoms in total. The molecule has 4 bridgehead atoms. The number of nitrogens with one attached hydrogen (secondary N) is 2. The van der Waals surface area contributed by atoms with Crippen molar-refractivity contribution in [1.29, 1.82) is 0 Å². The lowest BCUT2D eigenvalue weighted by atomic mass is 9.49. The molecule has 0 spiro atoms. The molecule has 5 aliphatic rings. The molecule has 5 fully saturated rings. The van der Waals surface area contributed by atoms with E-state index in [2.05, 4.69) is 38.3 Å². The van der Waals surface area contributed by atoms with Gasteiger partial charge in [-0.25, -0.2) is 0 Å². The van der Waals surface area contributed by atoms with E-state index in [0.29, 0.717) is 11.9 Å². The Morgan fingerprint density at radius 2 is 1.26 bits per heavy atom. The van der Waals surface area contributed by atoms with Crippen molar-refractivity contribution in [2.24, 2.45) is 23.2 Å². The molecule has 0 radical (unpaired) electrons. The fraction of sp³-hybridized carbons (Fsp3) is 0.950. The number of hydrogen-bond acceptors (Lipinski definition) is 2. The summed E-state index contributed by atoms with van der Waals surface area (Å²) in [5, 5.41) is 7.23. The molecule has 1 aliphatic heterocycles. The zero-order chi connectivity index (χ0) is 16.5. The molecule has 23 heavy (non-hydrogen) atoms. The molecule has 1 saturated heterocycles. The number of rotatable bonds is 2. The van der Waals surface area contributed by atoms with Gasteiger partial charge in [-0.2, -0.15) is 0 Å². The van der Waals surface area contributed by atoms with Gasteiger partial charge in [-0.1, -0.05) is 0 Å². The summed E-state index contributed by atoms with van der Waals surface area (Å²) in [6, 6.07) is 0.321. The predicted octanol–water partition coefficient (Wildman–Crippen LogP) is 3.63. The lowest BCUT2D eigenvalue weighted by Gasteiger charge is -2.56. The second-order valence-corrected chi connectivity index (χ2v) is 10.7. The van der Waals surface area contributed by atoms with Crippen LogP contribution in [0.15, 0.2) is 0 Å². The third-order valence-corrected chi connectivity index (χ3v) is 7.05. The highest BCUT2D eigenvalue weighted by Gasteiger charge is 2.55. The summed E-state index contributed by atoms with van der Waals surface area (Å²) >= 11 is 0. The van der Waals surface area contributed by atoms with E-state index in [1.165, 1.54) is 38.5 Å². The van der Waals surface area contributed by atoms with Crippen LogP contribution in [-0.4, -0.2) is 23.0 Å². The second-order valence-electron chi connectivity index (χ2n) is 10.7. The van der Waals surface area contributed by atoms with E-state index in [4.69, 9.17) is 0 Å². The van der Waals surface area contributed by atoms with Gasteiger partial charge >= 0.3 is 0 Å². The minimum atomic E-state index is -0.00604. The van der Waals surface area contributed by atoms with Gasteiger partial charge in [-0.15, -0.1) is 0 Å². The zero-order valence-electron chi connectivity index (χ0n) is 15.4. The maximum Gasteiger partial charge on any atom is 0.226 e. The Labute approximate surface area is 141 Å². The van der Waals surface area contributed by atoms with Crippen LogP contribution in [-0.2, 0) is 4.79 Å². The van der Waals surface area contributed by atoms with Crippen LogP contribution in [0.25, 0.3) is 0 Å². The van der Waals surface area contributed by atoms with E-state index < -0.39 is 0 Å². The molecule has 4 aliphatic carbocycles. The molecule has 130 valence electrons. The Kier molecular flexibility index (Phi) is 3.44. The highest BCUT2D eigenvalue weighted by atomic mass is 16.2. The first-order chi connectivity index (χ1) is 10.6. The fourth-order valence-electron chi connectivity index (χ4n) is 7.15. The van der Waals surface area contributed by atoms with Gasteiger partial charge in [-0.05, 0) is 96.8 Å². The molecule has 1 heterocycles. The number of hydrogen-bond donors (Lipinski definition) is 2. The van der Waals surface area contributed by atoms with Crippen molar-refractivity contribution >= 4 is 5.91 Å². The van der Waals surface area contributed by atoms with Gasteiger partial charge < -0.3 is 10.6 Å². The molecule has 0 aromatic heterocycles. The number of amides is 1. The lowest BCUT2D eigenvalue weighted by Crippen LogP contribution is -2.63. The molecule has 4 saturated carbocycles. The highest BCUT2D eigenvalue weighted by Crippen LogP contribution is 2.60. The third-order valence-electron chi connectivity index (χ3n) is 7.05. The molecular formula is C20H34N2O. The number of piperidine rings is 1. The van der Waals surface area contributed by atoms with E-state index in [1.807, 2.05) is 0 Å². The van der Waals surface area contributed by atoms with Crippen molar-refractivity contribution < 1.29 is 4.79 Å². The topological polar surface area (TPSA) is 41.1 Å². The summed E-state index contributed by atoms with van der Waals surface area (Å²) in [7, 11) is 0. The molecule has 0 aromatic rings. The molecule has 1 amide bonds. The normalized spacial score (nSPS) is 44.3. The van der Waals surface area contributed by atoms with Gasteiger partial charge in [0.25, 0.3) is 0 Å². The van der Waals surface area contributed by atoms with E-state index >= 15 is 0 Å². The average molecular weight is 319 g/mol. The number of carbonyl (C=O) groups excluding carboxylic acids is 1. The fourth-order valence-corrected chi connectivity index (χ4v) is 7.15. The Bertz CT molecular complexity index is 456. The summed E-state index contributed by atoms with van der Waals surface area (Å²) in [6.45, 7) is 9.05. The van der Waals surface area contributed by atoms with E-state index in [-0.39, 0.29) is 16.5 Å². The minimum Gasteiger partial charge on any atom is -0.353 e. The van der Waals surface area contributed by atoms with Crippen molar-refractivity contribution in [2.75, 3.05) is 0 Å². The first-order valence-corrected chi connectivity index (χ1v) is 9.75. The Morgan fingerprint density at radius 1 is 0.826 bits per heavy atom. The summed E-state index contributed by atoms with van der Waals surface area (Å²) in [5.41, 5.74) is 0.191. The zero-order valence-corrected chi connectivity index (χ0v) is 15.4. The largest absolute Gasteiger partial charge is 0.353 e. The van der Waals surface area contributed by atoms with Gasteiger partial charge in [0.15, 0.2) is 0 Å². The van der Waals surface area contributed by atoms with E-state index in [0.717, 1.165) is 30.6 Å². The van der Waals surface area contributed by atoms with Crippen LogP contribution >= 0.6 is 0 Å². The quantitative estimate of drug-likeness (QED) is 0.816. The summed E-state index contributed by atoms with van der Waals surface area (Å²) in [6.07, 6.45) is 9.79. The van der Waals surface area contributed by atoms with Crippen LogP contribution in [0.2, 0.25) is 0 Å². The molecule has 0 aromatic carbocycles. The molecule has 3 heteroatoms. The number of carbonyl (C=O) groups is 1. The van der Waals surface area contributed by atoms with Crippen LogP contribution in [0.3, 0.4) is 0 Å². The molecule has 0 atom stereocenters. The minimum absolute atomic E-state index is 0.00604. The Morgan fingerprint density at radius 3 is 1.70 bits per heavy atom. The molecule has 5 rings (SSSR count). The van der Waals surface area contributed by atoms with Crippen LogP contribution in [0.1, 0.15) is 79.1 Å². The van der Waals surface area contributed by atoms with Gasteiger partial charge in [0, 0.05) is 22.5 Å². The van der Waals surface area contributed by atoms with Crippen LogP contribution in [0.5, 0.6) is 0 Å². The lowest BCUT2D eigenvalue weighted by molar-refractivity contribution is -0.147. The Hall–Kier alpha value is -0.570. The van der Waals surface area contributed by atoms with E-state index in [1.54, 1.807) is 0 Å². The first-order valence-electron chi connectivity index (χ1n) is 9.75. The predicted molar refractivity (Wildman–Crippen MR) is 93.1 cm³/mol. The summed E-state index contributed by atoms with van der Waals surface area (Å²) in [4.78, 5) is 13.3.